The van der Waals surface area contributed by atoms with E-state index < -0.39 is 11.0 Å². The second-order valence-electron chi connectivity index (χ2n) is 6.43. The van der Waals surface area contributed by atoms with Gasteiger partial charge >= 0.3 is 0 Å². The number of nitro groups is 1. The minimum Gasteiger partial charge on any atom is -0.342 e. The Morgan fingerprint density at radius 1 is 1.23 bits per heavy atom. The van der Waals surface area contributed by atoms with Crippen LogP contribution < -0.4 is 5.32 Å². The number of aromatic nitrogens is 3. The first-order chi connectivity index (χ1) is 14.3. The fourth-order valence-electron chi connectivity index (χ4n) is 2.70. The molecule has 8 nitrogen and oxygen atoms in total. The largest absolute Gasteiger partial charge is 0.342 e. The lowest BCUT2D eigenvalue weighted by atomic mass is 10.2. The Bertz CT molecular complexity index is 1090. The predicted octanol–water partition coefficient (Wildman–Crippen LogP) is 4.81. The molecule has 156 valence electrons. The summed E-state index contributed by atoms with van der Waals surface area (Å²) in [6, 6.07) is 10.6. The highest BCUT2D eigenvalue weighted by molar-refractivity contribution is 7.98. The van der Waals surface area contributed by atoms with Gasteiger partial charge in [-0.3, -0.25) is 14.9 Å². The summed E-state index contributed by atoms with van der Waals surface area (Å²) in [5.74, 6) is 0.817. The molecule has 0 bridgehead atoms. The fourth-order valence-corrected chi connectivity index (χ4v) is 4.07. The Hall–Kier alpha value is -2.62. The SMILES string of the molecule is CC(NC(=O)c1ccc(Cl)cc1Cl)c1nnc(SCc2ccc([N+](=O)[O-])cc2)n1C. The topological polar surface area (TPSA) is 103 Å². The molecule has 30 heavy (non-hydrogen) atoms. The number of nitrogens with one attached hydrogen (secondary N) is 1. The van der Waals surface area contributed by atoms with Crippen molar-refractivity contribution in [3.63, 3.8) is 0 Å². The van der Waals surface area contributed by atoms with Crippen molar-refractivity contribution in [1.29, 1.82) is 0 Å². The van der Waals surface area contributed by atoms with Crippen LogP contribution in [0.4, 0.5) is 5.69 Å². The number of benzene rings is 2. The molecule has 1 amide bonds. The van der Waals surface area contributed by atoms with Crippen LogP contribution in [-0.2, 0) is 12.8 Å². The Kier molecular flexibility index (Phi) is 6.96. The Labute approximate surface area is 186 Å². The third kappa shape index (κ3) is 5.10. The van der Waals surface area contributed by atoms with Crippen molar-refractivity contribution in [2.75, 3.05) is 0 Å². The first-order valence-corrected chi connectivity index (χ1v) is 10.5. The zero-order valence-corrected chi connectivity index (χ0v) is 18.3. The van der Waals surface area contributed by atoms with E-state index >= 15 is 0 Å². The molecule has 0 fully saturated rings. The van der Waals surface area contributed by atoms with E-state index in [0.29, 0.717) is 27.3 Å². The van der Waals surface area contributed by atoms with E-state index in [1.54, 1.807) is 35.8 Å². The van der Waals surface area contributed by atoms with Gasteiger partial charge in [0.1, 0.15) is 0 Å². The van der Waals surface area contributed by atoms with Crippen LogP contribution in [0.2, 0.25) is 10.0 Å². The van der Waals surface area contributed by atoms with Crippen molar-refractivity contribution in [3.05, 3.63) is 79.6 Å². The van der Waals surface area contributed by atoms with Crippen molar-refractivity contribution >= 4 is 46.6 Å². The average Bonchev–Trinajstić information content (AvgIpc) is 3.07. The molecule has 1 aromatic heterocycles. The summed E-state index contributed by atoms with van der Waals surface area (Å²) >= 11 is 13.4. The smallest absolute Gasteiger partial charge is 0.269 e. The van der Waals surface area contributed by atoms with Gasteiger partial charge in [0.15, 0.2) is 11.0 Å². The Balaban J connectivity index is 1.65. The van der Waals surface area contributed by atoms with Gasteiger partial charge in [-0.05, 0) is 30.7 Å². The molecular formula is C19H17Cl2N5O3S. The zero-order valence-electron chi connectivity index (χ0n) is 16.0. The van der Waals surface area contributed by atoms with Crippen LogP contribution in [0.1, 0.15) is 34.7 Å². The number of nitrogens with zero attached hydrogens (tertiary/aromatic N) is 4. The minimum atomic E-state index is -0.432. The van der Waals surface area contributed by atoms with E-state index in [9.17, 15) is 14.9 Å². The van der Waals surface area contributed by atoms with E-state index in [2.05, 4.69) is 15.5 Å². The van der Waals surface area contributed by atoms with E-state index in [1.807, 2.05) is 7.05 Å². The number of amides is 1. The number of nitro benzene ring substituents is 1. The number of carbonyl (C=O) groups excluding carboxylic acids is 1. The Morgan fingerprint density at radius 3 is 2.57 bits per heavy atom. The summed E-state index contributed by atoms with van der Waals surface area (Å²) in [7, 11) is 1.81. The fraction of sp³-hybridized carbons (Fsp3) is 0.211. The van der Waals surface area contributed by atoms with Crippen LogP contribution in [0, 0.1) is 10.1 Å². The predicted molar refractivity (Wildman–Crippen MR) is 116 cm³/mol. The molecule has 1 atom stereocenters. The van der Waals surface area contributed by atoms with E-state index in [1.165, 1.54) is 30.0 Å². The van der Waals surface area contributed by atoms with Crippen molar-refractivity contribution < 1.29 is 9.72 Å². The summed E-state index contributed by atoms with van der Waals surface area (Å²) in [5, 5.41) is 23.3. The first-order valence-electron chi connectivity index (χ1n) is 8.77. The number of hydrogen-bond acceptors (Lipinski definition) is 6. The molecule has 0 saturated carbocycles. The van der Waals surface area contributed by atoms with E-state index in [4.69, 9.17) is 23.2 Å². The van der Waals surface area contributed by atoms with Crippen LogP contribution in [0.3, 0.4) is 0 Å². The van der Waals surface area contributed by atoms with E-state index in [0.717, 1.165) is 5.56 Å². The van der Waals surface area contributed by atoms with Gasteiger partial charge in [0.2, 0.25) is 0 Å². The van der Waals surface area contributed by atoms with Gasteiger partial charge < -0.3 is 9.88 Å². The molecule has 3 aromatic rings. The number of non-ortho nitro benzene ring substituents is 1. The number of carbonyl (C=O) groups is 1. The normalized spacial score (nSPS) is 11.9. The number of hydrogen-bond donors (Lipinski definition) is 1. The molecule has 0 radical (unpaired) electrons. The highest BCUT2D eigenvalue weighted by Gasteiger charge is 2.20. The highest BCUT2D eigenvalue weighted by atomic mass is 35.5. The van der Waals surface area contributed by atoms with Gasteiger partial charge in [-0.2, -0.15) is 0 Å². The molecule has 0 saturated heterocycles. The van der Waals surface area contributed by atoms with Crippen molar-refractivity contribution in [2.24, 2.45) is 7.05 Å². The lowest BCUT2D eigenvalue weighted by molar-refractivity contribution is -0.384. The van der Waals surface area contributed by atoms with Gasteiger partial charge in [0.05, 0.1) is 21.6 Å². The van der Waals surface area contributed by atoms with E-state index in [-0.39, 0.29) is 16.6 Å². The molecule has 1 heterocycles. The van der Waals surface area contributed by atoms with Crippen LogP contribution in [-0.4, -0.2) is 25.6 Å². The van der Waals surface area contributed by atoms with Crippen molar-refractivity contribution in [2.45, 2.75) is 23.9 Å². The van der Waals surface area contributed by atoms with Gasteiger partial charge in [0.25, 0.3) is 11.6 Å². The molecule has 0 aliphatic rings. The second kappa shape index (κ2) is 9.46. The molecule has 1 N–H and O–H groups in total. The Morgan fingerprint density at radius 2 is 1.93 bits per heavy atom. The quantitative estimate of drug-likeness (QED) is 0.305. The van der Waals surface area contributed by atoms with Crippen LogP contribution in [0.25, 0.3) is 0 Å². The lowest BCUT2D eigenvalue weighted by Crippen LogP contribution is -2.28. The van der Waals surface area contributed by atoms with Crippen molar-refractivity contribution in [3.8, 4) is 0 Å². The van der Waals surface area contributed by atoms with Gasteiger partial charge in [-0.1, -0.05) is 47.1 Å². The second-order valence-corrected chi connectivity index (χ2v) is 8.22. The van der Waals surface area contributed by atoms with Gasteiger partial charge in [-0.15, -0.1) is 10.2 Å². The maximum atomic E-state index is 12.5. The molecule has 2 aromatic carbocycles. The maximum Gasteiger partial charge on any atom is 0.269 e. The lowest BCUT2D eigenvalue weighted by Gasteiger charge is -2.14. The molecule has 11 heteroatoms. The third-order valence-corrected chi connectivity index (χ3v) is 5.93. The number of rotatable bonds is 7. The molecular weight excluding hydrogens is 449 g/mol. The van der Waals surface area contributed by atoms with Gasteiger partial charge in [-0.25, -0.2) is 0 Å². The zero-order chi connectivity index (χ0) is 21.8. The van der Waals surface area contributed by atoms with Crippen LogP contribution in [0.15, 0.2) is 47.6 Å². The molecule has 3 rings (SSSR count). The average molecular weight is 466 g/mol. The first kappa shape index (κ1) is 22.1. The van der Waals surface area contributed by atoms with Crippen LogP contribution in [0.5, 0.6) is 0 Å². The number of halogens is 2. The molecule has 0 aliphatic heterocycles. The van der Waals surface area contributed by atoms with Crippen molar-refractivity contribution in [1.82, 2.24) is 20.1 Å². The summed E-state index contributed by atoms with van der Waals surface area (Å²) in [6.07, 6.45) is 0. The molecule has 0 spiro atoms. The molecule has 1 unspecified atom stereocenters. The third-order valence-electron chi connectivity index (χ3n) is 4.29. The molecule has 0 aliphatic carbocycles. The monoisotopic (exact) mass is 465 g/mol. The number of thioether (sulfide) groups is 1. The summed E-state index contributed by atoms with van der Waals surface area (Å²) in [6.45, 7) is 1.80. The standard InChI is InChI=1S/C19H17Cl2N5O3S/c1-11(22-18(27)15-8-5-13(20)9-16(15)21)17-23-24-19(25(17)2)30-10-12-3-6-14(7-4-12)26(28)29/h3-9,11H,10H2,1-2H3,(H,22,27). The van der Waals surface area contributed by atoms with Gasteiger partial charge in [0, 0.05) is 30.0 Å². The minimum absolute atomic E-state index is 0.0510. The summed E-state index contributed by atoms with van der Waals surface area (Å²) in [5.41, 5.74) is 1.30. The highest BCUT2D eigenvalue weighted by Crippen LogP contribution is 2.25. The maximum absolute atomic E-state index is 12.5. The summed E-state index contributed by atoms with van der Waals surface area (Å²) in [4.78, 5) is 22.8. The van der Waals surface area contributed by atoms with Crippen LogP contribution >= 0.6 is 35.0 Å². The summed E-state index contributed by atoms with van der Waals surface area (Å²) < 4.78 is 1.80.